The maximum Gasteiger partial charge on any atom is 0.344 e. The molecule has 0 unspecified atom stereocenters. The summed E-state index contributed by atoms with van der Waals surface area (Å²) in [6, 6.07) is 7.07. The zero-order valence-corrected chi connectivity index (χ0v) is 13.7. The van der Waals surface area contributed by atoms with Crippen LogP contribution in [0.1, 0.15) is 45.4 Å². The van der Waals surface area contributed by atoms with E-state index in [0.717, 1.165) is 12.8 Å². The highest BCUT2D eigenvalue weighted by molar-refractivity contribution is 5.91. The van der Waals surface area contributed by atoms with Crippen LogP contribution in [0.3, 0.4) is 0 Å². The molecule has 1 aromatic carbocycles. The van der Waals surface area contributed by atoms with Gasteiger partial charge in [0, 0.05) is 18.2 Å². The van der Waals surface area contributed by atoms with E-state index in [1.54, 1.807) is 25.1 Å². The molecule has 0 bridgehead atoms. The fourth-order valence-electron chi connectivity index (χ4n) is 2.87. The lowest BCUT2D eigenvalue weighted by Crippen LogP contribution is -2.18. The smallest absolute Gasteiger partial charge is 0.344 e. The van der Waals surface area contributed by atoms with E-state index in [1.165, 1.54) is 19.3 Å². The van der Waals surface area contributed by atoms with Crippen molar-refractivity contribution in [3.8, 4) is 5.75 Å². The van der Waals surface area contributed by atoms with Crippen LogP contribution >= 0.6 is 0 Å². The average molecular weight is 319 g/mol. The van der Waals surface area contributed by atoms with Crippen LogP contribution in [0.4, 0.5) is 5.69 Å². The highest BCUT2D eigenvalue weighted by Gasteiger charge is 2.17. The molecule has 5 heteroatoms. The van der Waals surface area contributed by atoms with E-state index in [4.69, 9.17) is 9.47 Å². The van der Waals surface area contributed by atoms with E-state index in [2.05, 4.69) is 5.32 Å². The van der Waals surface area contributed by atoms with E-state index in [-0.39, 0.29) is 12.5 Å². The molecule has 23 heavy (non-hydrogen) atoms. The molecule has 1 N–H and O–H groups in total. The summed E-state index contributed by atoms with van der Waals surface area (Å²) in [5.41, 5.74) is 0.687. The quantitative estimate of drug-likeness (QED) is 0.781. The first-order valence-corrected chi connectivity index (χ1v) is 8.35. The topological polar surface area (TPSA) is 64.6 Å². The van der Waals surface area contributed by atoms with Crippen LogP contribution in [0.5, 0.6) is 5.75 Å². The Balaban J connectivity index is 1.81. The van der Waals surface area contributed by atoms with E-state index < -0.39 is 5.97 Å². The number of ether oxygens (including phenoxy) is 2. The van der Waals surface area contributed by atoms with Gasteiger partial charge in [-0.25, -0.2) is 4.79 Å². The minimum absolute atomic E-state index is 0.0412. The first-order chi connectivity index (χ1) is 11.2. The van der Waals surface area contributed by atoms with Crippen LogP contribution < -0.4 is 10.1 Å². The molecule has 0 heterocycles. The van der Waals surface area contributed by atoms with E-state index >= 15 is 0 Å². The molecule has 1 aliphatic rings. The number of nitrogens with one attached hydrogen (secondary N) is 1. The van der Waals surface area contributed by atoms with Crippen molar-refractivity contribution in [3.05, 3.63) is 24.3 Å². The van der Waals surface area contributed by atoms with Crippen LogP contribution in [0.2, 0.25) is 0 Å². The molecule has 1 amide bonds. The van der Waals surface area contributed by atoms with Crippen molar-refractivity contribution in [1.29, 1.82) is 0 Å². The van der Waals surface area contributed by atoms with Crippen molar-refractivity contribution in [2.24, 2.45) is 5.92 Å². The van der Waals surface area contributed by atoms with Gasteiger partial charge in [0.15, 0.2) is 6.61 Å². The van der Waals surface area contributed by atoms with Crippen molar-refractivity contribution in [1.82, 2.24) is 0 Å². The van der Waals surface area contributed by atoms with E-state index in [1.807, 2.05) is 6.07 Å². The molecule has 1 aromatic rings. The Hall–Kier alpha value is -2.04. The van der Waals surface area contributed by atoms with Crippen LogP contribution in [0.25, 0.3) is 0 Å². The zero-order valence-electron chi connectivity index (χ0n) is 13.7. The van der Waals surface area contributed by atoms with Gasteiger partial charge in [0.05, 0.1) is 6.61 Å². The molecule has 1 fully saturated rings. The monoisotopic (exact) mass is 319 g/mol. The number of rotatable bonds is 7. The lowest BCUT2D eigenvalue weighted by Gasteiger charge is -2.20. The zero-order chi connectivity index (χ0) is 16.5. The summed E-state index contributed by atoms with van der Waals surface area (Å²) in [6.45, 7) is 1.95. The largest absolute Gasteiger partial charge is 0.482 e. The van der Waals surface area contributed by atoms with Crippen LogP contribution in [0, 0.1) is 5.92 Å². The Morgan fingerprint density at radius 2 is 2.00 bits per heavy atom. The summed E-state index contributed by atoms with van der Waals surface area (Å²) in [7, 11) is 0. The minimum Gasteiger partial charge on any atom is -0.482 e. The Bertz CT molecular complexity index is 524. The number of carbonyl (C=O) groups is 2. The van der Waals surface area contributed by atoms with Gasteiger partial charge in [0.2, 0.25) is 5.91 Å². The number of benzene rings is 1. The third-order valence-corrected chi connectivity index (χ3v) is 3.98. The van der Waals surface area contributed by atoms with Gasteiger partial charge in [0.1, 0.15) is 5.75 Å². The fraction of sp³-hybridized carbons (Fsp3) is 0.556. The molecule has 2 rings (SSSR count). The van der Waals surface area contributed by atoms with Crippen molar-refractivity contribution < 1.29 is 19.1 Å². The molecular formula is C18H25NO4. The van der Waals surface area contributed by atoms with Gasteiger partial charge in [-0.05, 0) is 37.8 Å². The normalized spacial score (nSPS) is 15.0. The van der Waals surface area contributed by atoms with Crippen molar-refractivity contribution in [2.75, 3.05) is 18.5 Å². The number of anilines is 1. The predicted octanol–water partition coefficient (Wildman–Crippen LogP) is 3.54. The second-order valence-electron chi connectivity index (χ2n) is 5.88. The van der Waals surface area contributed by atoms with E-state index in [0.29, 0.717) is 30.4 Å². The van der Waals surface area contributed by atoms with Crippen LogP contribution in [-0.2, 0) is 14.3 Å². The molecule has 0 spiro atoms. The second kappa shape index (κ2) is 9.18. The molecule has 5 nitrogen and oxygen atoms in total. The van der Waals surface area contributed by atoms with Gasteiger partial charge in [-0.3, -0.25) is 4.79 Å². The summed E-state index contributed by atoms with van der Waals surface area (Å²) in [4.78, 5) is 23.4. The van der Waals surface area contributed by atoms with Crippen molar-refractivity contribution in [3.63, 3.8) is 0 Å². The number of amides is 1. The lowest BCUT2D eigenvalue weighted by atomic mass is 9.87. The summed E-state index contributed by atoms with van der Waals surface area (Å²) >= 11 is 0. The lowest BCUT2D eigenvalue weighted by molar-refractivity contribution is -0.145. The van der Waals surface area contributed by atoms with Gasteiger partial charge in [-0.1, -0.05) is 25.3 Å². The highest BCUT2D eigenvalue weighted by Crippen LogP contribution is 2.27. The molecule has 0 aromatic heterocycles. The first-order valence-electron chi connectivity index (χ1n) is 8.35. The molecule has 0 aliphatic heterocycles. The van der Waals surface area contributed by atoms with Gasteiger partial charge < -0.3 is 14.8 Å². The van der Waals surface area contributed by atoms with Crippen LogP contribution in [0.15, 0.2) is 24.3 Å². The Labute approximate surface area is 137 Å². The summed E-state index contributed by atoms with van der Waals surface area (Å²) in [5, 5.41) is 2.91. The molecule has 126 valence electrons. The standard InChI is InChI=1S/C18H25NO4/c1-2-22-18(21)13-23-16-10-6-9-15(12-16)19-17(20)11-14-7-4-3-5-8-14/h6,9-10,12,14H,2-5,7-8,11,13H2,1H3,(H,19,20). The Morgan fingerprint density at radius 1 is 1.22 bits per heavy atom. The maximum atomic E-state index is 12.1. The summed E-state index contributed by atoms with van der Waals surface area (Å²) < 4.78 is 10.2. The van der Waals surface area contributed by atoms with Gasteiger partial charge in [-0.15, -0.1) is 0 Å². The number of carbonyl (C=O) groups excluding carboxylic acids is 2. The number of hydrogen-bond acceptors (Lipinski definition) is 4. The van der Waals surface area contributed by atoms with Crippen LogP contribution in [-0.4, -0.2) is 25.1 Å². The first kappa shape index (κ1) is 17.3. The summed E-state index contributed by atoms with van der Waals surface area (Å²) in [5.74, 6) is 0.680. The summed E-state index contributed by atoms with van der Waals surface area (Å²) in [6.07, 6.45) is 6.63. The molecule has 0 radical (unpaired) electrons. The maximum absolute atomic E-state index is 12.1. The van der Waals surface area contributed by atoms with Crippen molar-refractivity contribution in [2.45, 2.75) is 45.4 Å². The molecular weight excluding hydrogens is 294 g/mol. The van der Waals surface area contributed by atoms with E-state index in [9.17, 15) is 9.59 Å². The van der Waals surface area contributed by atoms with Gasteiger partial charge in [-0.2, -0.15) is 0 Å². The Kier molecular flexibility index (Phi) is 6.91. The third-order valence-electron chi connectivity index (χ3n) is 3.98. The minimum atomic E-state index is -0.403. The second-order valence-corrected chi connectivity index (χ2v) is 5.88. The fourth-order valence-corrected chi connectivity index (χ4v) is 2.87. The number of esters is 1. The third kappa shape index (κ3) is 6.30. The Morgan fingerprint density at radius 3 is 2.74 bits per heavy atom. The van der Waals surface area contributed by atoms with Crippen molar-refractivity contribution >= 4 is 17.6 Å². The van der Waals surface area contributed by atoms with Gasteiger partial charge >= 0.3 is 5.97 Å². The average Bonchev–Trinajstić information content (AvgIpc) is 2.54. The number of hydrogen-bond donors (Lipinski definition) is 1. The molecule has 1 aliphatic carbocycles. The van der Waals surface area contributed by atoms with Gasteiger partial charge in [0.25, 0.3) is 0 Å². The molecule has 1 saturated carbocycles. The highest BCUT2D eigenvalue weighted by atomic mass is 16.6. The molecule has 0 saturated heterocycles. The molecule has 0 atom stereocenters. The SMILES string of the molecule is CCOC(=O)COc1cccc(NC(=O)CC2CCCCC2)c1. The predicted molar refractivity (Wildman–Crippen MR) is 88.4 cm³/mol.